The molecule has 6 heteroatoms. The van der Waals surface area contributed by atoms with Crippen LogP contribution >= 0.6 is 15.9 Å². The summed E-state index contributed by atoms with van der Waals surface area (Å²) in [5.74, 6) is 0.952. The van der Waals surface area contributed by atoms with Crippen LogP contribution in [0, 0.1) is 0 Å². The Bertz CT molecular complexity index is 464. The third kappa shape index (κ3) is 2.53. The summed E-state index contributed by atoms with van der Waals surface area (Å²) in [5.41, 5.74) is -0.386. The van der Waals surface area contributed by atoms with E-state index in [4.69, 9.17) is 0 Å². The molecule has 0 saturated heterocycles. The summed E-state index contributed by atoms with van der Waals surface area (Å²) in [6.07, 6.45) is 2.61. The minimum Gasteiger partial charge on any atom is -0.465 e. The van der Waals surface area contributed by atoms with Crippen LogP contribution in [0.1, 0.15) is 33.0 Å². The molecule has 1 N–H and O–H groups in total. The Morgan fingerprint density at radius 3 is 2.83 bits per heavy atom. The lowest BCUT2D eigenvalue weighted by Crippen LogP contribution is -2.53. The summed E-state index contributed by atoms with van der Waals surface area (Å²) < 4.78 is 2.90. The molecule has 0 saturated carbocycles. The van der Waals surface area contributed by atoms with E-state index >= 15 is 0 Å². The molecule has 0 spiro atoms. The lowest BCUT2D eigenvalue weighted by Gasteiger charge is -2.41. The Kier molecular flexibility index (Phi) is 3.40. The number of hydrogen-bond donors (Lipinski definition) is 1. The number of carbonyl (C=O) groups is 1. The average molecular weight is 316 g/mol. The molecule has 2 rings (SSSR count). The summed E-state index contributed by atoms with van der Waals surface area (Å²) in [6, 6.07) is 0.00398. The van der Waals surface area contributed by atoms with Gasteiger partial charge in [-0.2, -0.15) is 0 Å². The molecule has 18 heavy (non-hydrogen) atoms. The smallest absolute Gasteiger partial charge is 0.407 e. The number of imidazole rings is 1. The maximum atomic E-state index is 11.5. The van der Waals surface area contributed by atoms with Gasteiger partial charge in [-0.05, 0) is 43.1 Å². The number of fused-ring (bicyclic) bond motifs is 1. The van der Waals surface area contributed by atoms with Gasteiger partial charge in [0.05, 0.1) is 0 Å². The second kappa shape index (κ2) is 4.57. The van der Waals surface area contributed by atoms with Crippen molar-refractivity contribution in [3.05, 3.63) is 16.6 Å². The predicted molar refractivity (Wildman–Crippen MR) is 71.7 cm³/mol. The van der Waals surface area contributed by atoms with Gasteiger partial charge in [0.25, 0.3) is 0 Å². The monoisotopic (exact) mass is 315 g/mol. The fourth-order valence-electron chi connectivity index (χ4n) is 2.59. The van der Waals surface area contributed by atoms with E-state index in [1.165, 1.54) is 0 Å². The number of nitrogens with zero attached hydrogens (tertiary/aromatic N) is 3. The molecule has 1 aliphatic heterocycles. The molecule has 5 nitrogen and oxygen atoms in total. The van der Waals surface area contributed by atoms with Crippen molar-refractivity contribution in [2.24, 2.45) is 0 Å². The van der Waals surface area contributed by atoms with Crippen LogP contribution in [-0.4, -0.2) is 37.2 Å². The van der Waals surface area contributed by atoms with Crippen molar-refractivity contribution in [2.75, 3.05) is 0 Å². The maximum absolute atomic E-state index is 11.5. The Balaban J connectivity index is 2.23. The topological polar surface area (TPSA) is 58.4 Å². The molecular weight excluding hydrogens is 298 g/mol. The van der Waals surface area contributed by atoms with Crippen LogP contribution in [0.15, 0.2) is 10.8 Å². The number of amides is 1. The van der Waals surface area contributed by atoms with Crippen LogP contribution < -0.4 is 0 Å². The molecule has 2 heterocycles. The molecule has 1 unspecified atom stereocenters. The van der Waals surface area contributed by atoms with E-state index in [1.54, 1.807) is 4.90 Å². The first-order chi connectivity index (χ1) is 8.29. The molecule has 0 radical (unpaired) electrons. The third-order valence-electron chi connectivity index (χ3n) is 3.25. The van der Waals surface area contributed by atoms with Crippen LogP contribution in [-0.2, 0) is 13.0 Å². The Morgan fingerprint density at radius 2 is 2.28 bits per heavy atom. The number of carboxylic acid groups (broad SMARTS) is 1. The van der Waals surface area contributed by atoms with Crippen molar-refractivity contribution >= 4 is 22.0 Å². The fraction of sp³-hybridized carbons (Fsp3) is 0.667. The lowest BCUT2D eigenvalue weighted by molar-refractivity contribution is 0.0608. The highest BCUT2D eigenvalue weighted by atomic mass is 79.9. The van der Waals surface area contributed by atoms with Crippen LogP contribution in [0.25, 0.3) is 0 Å². The Labute approximate surface area is 115 Å². The minimum absolute atomic E-state index is 0.00398. The molecule has 1 atom stereocenters. The van der Waals surface area contributed by atoms with Crippen LogP contribution in [0.5, 0.6) is 0 Å². The standard InChI is InChI=1S/C12H18BrN3O2/c1-12(2,3)16(11(17)18)8-4-5-15-7-9(13)14-10(15)6-8/h7-8H,4-6H2,1-3H3,(H,17,18). The van der Waals surface area contributed by atoms with Gasteiger partial charge in [-0.15, -0.1) is 0 Å². The molecule has 0 aliphatic carbocycles. The van der Waals surface area contributed by atoms with Crippen LogP contribution in [0.3, 0.4) is 0 Å². The molecule has 0 fully saturated rings. The normalized spacial score (nSPS) is 19.4. The van der Waals surface area contributed by atoms with Crippen molar-refractivity contribution in [1.29, 1.82) is 0 Å². The van der Waals surface area contributed by atoms with E-state index < -0.39 is 6.09 Å². The first-order valence-corrected chi connectivity index (χ1v) is 6.82. The fourth-order valence-corrected chi connectivity index (χ4v) is 3.04. The zero-order chi connectivity index (χ0) is 13.5. The summed E-state index contributed by atoms with van der Waals surface area (Å²) in [4.78, 5) is 17.4. The Hall–Kier alpha value is -1.04. The molecule has 1 aromatic heterocycles. The number of rotatable bonds is 1. The molecule has 1 aromatic rings. The second-order valence-electron chi connectivity index (χ2n) is 5.64. The Morgan fingerprint density at radius 1 is 1.61 bits per heavy atom. The van der Waals surface area contributed by atoms with E-state index in [0.717, 1.165) is 23.4 Å². The van der Waals surface area contributed by atoms with Gasteiger partial charge in [0.15, 0.2) is 0 Å². The van der Waals surface area contributed by atoms with Crippen molar-refractivity contribution in [3.8, 4) is 0 Å². The van der Waals surface area contributed by atoms with E-state index in [-0.39, 0.29) is 11.6 Å². The first-order valence-electron chi connectivity index (χ1n) is 6.03. The van der Waals surface area contributed by atoms with Gasteiger partial charge in [-0.3, -0.25) is 0 Å². The van der Waals surface area contributed by atoms with Gasteiger partial charge in [-0.25, -0.2) is 9.78 Å². The van der Waals surface area contributed by atoms with E-state index in [0.29, 0.717) is 6.42 Å². The van der Waals surface area contributed by atoms with Crippen molar-refractivity contribution in [3.63, 3.8) is 0 Å². The van der Waals surface area contributed by atoms with E-state index in [9.17, 15) is 9.90 Å². The third-order valence-corrected chi connectivity index (χ3v) is 3.63. The van der Waals surface area contributed by atoms with Crippen molar-refractivity contribution in [1.82, 2.24) is 14.5 Å². The van der Waals surface area contributed by atoms with E-state index in [1.807, 2.05) is 27.0 Å². The average Bonchev–Trinajstić information content (AvgIpc) is 2.54. The summed E-state index contributed by atoms with van der Waals surface area (Å²) in [7, 11) is 0. The number of aromatic nitrogens is 2. The van der Waals surface area contributed by atoms with Crippen molar-refractivity contribution in [2.45, 2.75) is 51.7 Å². The summed E-state index contributed by atoms with van der Waals surface area (Å²) in [6.45, 7) is 6.60. The van der Waals surface area contributed by atoms with Gasteiger partial charge >= 0.3 is 6.09 Å². The highest BCUT2D eigenvalue weighted by molar-refractivity contribution is 9.10. The minimum atomic E-state index is -0.855. The molecular formula is C12H18BrN3O2. The van der Waals surface area contributed by atoms with Crippen molar-refractivity contribution < 1.29 is 9.90 Å². The first kappa shape index (κ1) is 13.4. The molecule has 0 bridgehead atoms. The summed E-state index contributed by atoms with van der Waals surface area (Å²) in [5, 5.41) is 9.40. The van der Waals surface area contributed by atoms with Crippen LogP contribution in [0.4, 0.5) is 4.79 Å². The summed E-state index contributed by atoms with van der Waals surface area (Å²) >= 11 is 3.36. The number of aryl methyl sites for hydroxylation is 1. The van der Waals surface area contributed by atoms with Crippen LogP contribution in [0.2, 0.25) is 0 Å². The number of halogens is 1. The molecule has 1 amide bonds. The zero-order valence-corrected chi connectivity index (χ0v) is 12.4. The highest BCUT2D eigenvalue weighted by Gasteiger charge is 2.35. The van der Waals surface area contributed by atoms with E-state index in [2.05, 4.69) is 25.5 Å². The molecule has 100 valence electrons. The molecule has 0 aromatic carbocycles. The van der Waals surface area contributed by atoms with Gasteiger partial charge in [0, 0.05) is 30.7 Å². The zero-order valence-electron chi connectivity index (χ0n) is 10.9. The van der Waals surface area contributed by atoms with Gasteiger partial charge in [-0.1, -0.05) is 0 Å². The lowest BCUT2D eigenvalue weighted by atomic mass is 9.97. The maximum Gasteiger partial charge on any atom is 0.407 e. The SMILES string of the molecule is CC(C)(C)N(C(=O)O)C1CCn2cc(Br)nc2C1. The number of hydrogen-bond acceptors (Lipinski definition) is 2. The molecule has 1 aliphatic rings. The second-order valence-corrected chi connectivity index (χ2v) is 6.46. The predicted octanol–water partition coefficient (Wildman–Crippen LogP) is 2.74. The largest absolute Gasteiger partial charge is 0.465 e. The van der Waals surface area contributed by atoms with Gasteiger partial charge in [0.1, 0.15) is 10.4 Å². The van der Waals surface area contributed by atoms with Gasteiger partial charge in [0.2, 0.25) is 0 Å². The quantitative estimate of drug-likeness (QED) is 0.867. The highest BCUT2D eigenvalue weighted by Crippen LogP contribution is 2.26. The van der Waals surface area contributed by atoms with Gasteiger partial charge < -0.3 is 14.6 Å².